The van der Waals surface area contributed by atoms with Crippen LogP contribution in [0.15, 0.2) is 47.1 Å². The average Bonchev–Trinajstić information content (AvgIpc) is 3.27. The number of nitrogens with zero attached hydrogens (tertiary/aromatic N) is 2. The number of carbonyl (C=O) groups is 1. The first-order chi connectivity index (χ1) is 13.3. The molecule has 144 valence electrons. The summed E-state index contributed by atoms with van der Waals surface area (Å²) < 4.78 is 12.8. The maximum absolute atomic E-state index is 13.0. The summed E-state index contributed by atoms with van der Waals surface area (Å²) in [5, 5.41) is 12.5. The van der Waals surface area contributed by atoms with Crippen molar-refractivity contribution in [2.24, 2.45) is 0 Å². The van der Waals surface area contributed by atoms with Crippen LogP contribution >= 0.6 is 0 Å². The lowest BCUT2D eigenvalue weighted by Crippen LogP contribution is -2.16. The highest BCUT2D eigenvalue weighted by molar-refractivity contribution is 6.08. The highest BCUT2D eigenvalue weighted by atomic mass is 16.5. The monoisotopic (exact) mass is 377 g/mol. The van der Waals surface area contributed by atoms with Crippen LogP contribution in [0.2, 0.25) is 0 Å². The van der Waals surface area contributed by atoms with Crippen LogP contribution < -0.4 is 10.1 Å². The van der Waals surface area contributed by atoms with Crippen molar-refractivity contribution in [3.8, 4) is 17.7 Å². The molecule has 0 unspecified atom stereocenters. The maximum atomic E-state index is 13.0. The molecule has 2 heterocycles. The van der Waals surface area contributed by atoms with Crippen LogP contribution in [0.5, 0.6) is 5.75 Å². The van der Waals surface area contributed by atoms with Gasteiger partial charge in [0.1, 0.15) is 28.7 Å². The van der Waals surface area contributed by atoms with Gasteiger partial charge in [0.05, 0.1) is 12.8 Å². The van der Waals surface area contributed by atoms with Crippen molar-refractivity contribution >= 4 is 11.6 Å². The number of methoxy groups -OCH3 is 1. The molecule has 0 spiro atoms. The molecule has 0 bridgehead atoms. The number of aryl methyl sites for hydroxylation is 1. The number of anilines is 1. The van der Waals surface area contributed by atoms with Crippen LogP contribution in [0.3, 0.4) is 0 Å². The number of aromatic nitrogens is 1. The summed E-state index contributed by atoms with van der Waals surface area (Å²) in [5.41, 5.74) is 1.93. The lowest BCUT2D eigenvalue weighted by Gasteiger charge is -2.21. The van der Waals surface area contributed by atoms with Gasteiger partial charge in [-0.1, -0.05) is 26.8 Å². The highest BCUT2D eigenvalue weighted by Crippen LogP contribution is 2.33. The van der Waals surface area contributed by atoms with Gasteiger partial charge in [-0.25, -0.2) is 0 Å². The summed E-state index contributed by atoms with van der Waals surface area (Å²) in [4.78, 5) is 13.0. The second-order valence-electron chi connectivity index (χ2n) is 7.53. The van der Waals surface area contributed by atoms with Crippen molar-refractivity contribution < 1.29 is 13.9 Å². The molecule has 2 aromatic heterocycles. The zero-order valence-electron chi connectivity index (χ0n) is 16.7. The molecule has 0 radical (unpaired) electrons. The van der Waals surface area contributed by atoms with Crippen LogP contribution in [-0.4, -0.2) is 17.6 Å². The maximum Gasteiger partial charge on any atom is 0.260 e. The SMILES string of the molecule is COc1ccc(C(C)(C)C)cc1NC(=O)c1c(C)oc(-n2cccc2)c1C#N. The van der Waals surface area contributed by atoms with E-state index in [4.69, 9.17) is 9.15 Å². The van der Waals surface area contributed by atoms with E-state index in [0.717, 1.165) is 5.56 Å². The van der Waals surface area contributed by atoms with Crippen molar-refractivity contribution in [1.82, 2.24) is 4.57 Å². The normalized spacial score (nSPS) is 11.1. The molecular weight excluding hydrogens is 354 g/mol. The van der Waals surface area contributed by atoms with Crippen LogP contribution in [0, 0.1) is 18.3 Å². The Kier molecular flexibility index (Phi) is 5.02. The van der Waals surface area contributed by atoms with E-state index in [2.05, 4.69) is 32.2 Å². The summed E-state index contributed by atoms with van der Waals surface area (Å²) in [7, 11) is 1.55. The summed E-state index contributed by atoms with van der Waals surface area (Å²) >= 11 is 0. The molecule has 0 fully saturated rings. The molecular formula is C22H23N3O3. The third-order valence-electron chi connectivity index (χ3n) is 4.56. The van der Waals surface area contributed by atoms with E-state index in [1.54, 1.807) is 31.0 Å². The molecule has 0 saturated carbocycles. The highest BCUT2D eigenvalue weighted by Gasteiger charge is 2.26. The molecule has 0 aliphatic rings. The predicted octanol–water partition coefficient (Wildman–Crippen LogP) is 4.81. The van der Waals surface area contributed by atoms with Gasteiger partial charge in [0.25, 0.3) is 5.91 Å². The Morgan fingerprint density at radius 2 is 1.93 bits per heavy atom. The summed E-state index contributed by atoms with van der Waals surface area (Å²) in [6.07, 6.45) is 3.52. The van der Waals surface area contributed by atoms with Gasteiger partial charge in [0, 0.05) is 12.4 Å². The summed E-state index contributed by atoms with van der Waals surface area (Å²) in [6, 6.07) is 11.4. The Bertz CT molecular complexity index is 1050. The molecule has 3 rings (SSSR count). The molecule has 0 atom stereocenters. The number of rotatable bonds is 4. The van der Waals surface area contributed by atoms with E-state index in [-0.39, 0.29) is 16.5 Å². The van der Waals surface area contributed by atoms with Gasteiger partial charge in [-0.05, 0) is 42.2 Å². The zero-order valence-corrected chi connectivity index (χ0v) is 16.7. The van der Waals surface area contributed by atoms with Gasteiger partial charge < -0.3 is 14.5 Å². The molecule has 0 aliphatic heterocycles. The van der Waals surface area contributed by atoms with E-state index in [0.29, 0.717) is 23.1 Å². The first kappa shape index (κ1) is 19.3. The number of amides is 1. The molecule has 0 saturated heterocycles. The first-order valence-corrected chi connectivity index (χ1v) is 8.93. The fourth-order valence-corrected chi connectivity index (χ4v) is 3.02. The van der Waals surface area contributed by atoms with E-state index in [9.17, 15) is 10.1 Å². The van der Waals surface area contributed by atoms with Crippen LogP contribution in [0.1, 0.15) is 48.0 Å². The smallest absolute Gasteiger partial charge is 0.260 e. The average molecular weight is 377 g/mol. The number of hydrogen-bond donors (Lipinski definition) is 1. The van der Waals surface area contributed by atoms with Crippen molar-refractivity contribution in [3.63, 3.8) is 0 Å². The molecule has 1 amide bonds. The van der Waals surface area contributed by atoms with Gasteiger partial charge in [0.15, 0.2) is 0 Å². The quantitative estimate of drug-likeness (QED) is 0.707. The molecule has 1 aromatic carbocycles. The topological polar surface area (TPSA) is 80.2 Å². The van der Waals surface area contributed by atoms with Crippen molar-refractivity contribution in [3.05, 3.63) is 65.2 Å². The third kappa shape index (κ3) is 3.52. The molecule has 6 heteroatoms. The number of benzene rings is 1. The number of carbonyl (C=O) groups excluding carboxylic acids is 1. The van der Waals surface area contributed by atoms with Gasteiger partial charge in [0.2, 0.25) is 5.88 Å². The van der Waals surface area contributed by atoms with E-state index >= 15 is 0 Å². The van der Waals surface area contributed by atoms with Gasteiger partial charge in [-0.3, -0.25) is 9.36 Å². The Balaban J connectivity index is 2.02. The number of ether oxygens (including phenoxy) is 1. The lowest BCUT2D eigenvalue weighted by atomic mass is 9.87. The second-order valence-corrected chi connectivity index (χ2v) is 7.53. The molecule has 28 heavy (non-hydrogen) atoms. The first-order valence-electron chi connectivity index (χ1n) is 8.93. The van der Waals surface area contributed by atoms with Crippen molar-refractivity contribution in [1.29, 1.82) is 5.26 Å². The Labute approximate surface area is 164 Å². The number of hydrogen-bond acceptors (Lipinski definition) is 4. The Hall–Kier alpha value is -3.46. The molecule has 1 N–H and O–H groups in total. The standard InChI is InChI=1S/C22H23N3O3/c1-14-19(16(13-23)21(28-14)25-10-6-7-11-25)20(26)24-17-12-15(22(2,3)4)8-9-18(17)27-5/h6-12H,1-5H3,(H,24,26). The van der Waals surface area contributed by atoms with E-state index < -0.39 is 5.91 Å². The number of nitrogens with one attached hydrogen (secondary N) is 1. The van der Waals surface area contributed by atoms with Gasteiger partial charge in [-0.15, -0.1) is 0 Å². The van der Waals surface area contributed by atoms with Crippen LogP contribution in [0.4, 0.5) is 5.69 Å². The third-order valence-corrected chi connectivity index (χ3v) is 4.56. The Morgan fingerprint density at radius 1 is 1.25 bits per heavy atom. The fourth-order valence-electron chi connectivity index (χ4n) is 3.02. The van der Waals surface area contributed by atoms with E-state index in [1.165, 1.54) is 0 Å². The minimum Gasteiger partial charge on any atom is -0.495 e. The van der Waals surface area contributed by atoms with Crippen molar-refractivity contribution in [2.45, 2.75) is 33.1 Å². The largest absolute Gasteiger partial charge is 0.495 e. The fraction of sp³-hybridized carbons (Fsp3) is 0.273. The lowest BCUT2D eigenvalue weighted by molar-refractivity contribution is 0.102. The Morgan fingerprint density at radius 3 is 2.50 bits per heavy atom. The van der Waals surface area contributed by atoms with Gasteiger partial charge >= 0.3 is 0 Å². The van der Waals surface area contributed by atoms with Crippen LogP contribution in [0.25, 0.3) is 5.88 Å². The molecule has 3 aromatic rings. The number of furan rings is 1. The minimum atomic E-state index is -0.416. The second kappa shape index (κ2) is 7.28. The summed E-state index contributed by atoms with van der Waals surface area (Å²) in [5.74, 6) is 0.835. The van der Waals surface area contributed by atoms with Crippen molar-refractivity contribution in [2.75, 3.05) is 12.4 Å². The predicted molar refractivity (Wildman–Crippen MR) is 107 cm³/mol. The zero-order chi connectivity index (χ0) is 20.5. The van der Waals surface area contributed by atoms with E-state index in [1.807, 2.05) is 30.3 Å². The summed E-state index contributed by atoms with van der Waals surface area (Å²) in [6.45, 7) is 7.96. The minimum absolute atomic E-state index is 0.0866. The number of nitriles is 1. The molecule has 6 nitrogen and oxygen atoms in total. The van der Waals surface area contributed by atoms with Crippen LogP contribution in [-0.2, 0) is 5.41 Å². The molecule has 0 aliphatic carbocycles. The van der Waals surface area contributed by atoms with Gasteiger partial charge in [-0.2, -0.15) is 5.26 Å².